The predicted molar refractivity (Wildman–Crippen MR) is 74.0 cm³/mol. The lowest BCUT2D eigenvalue weighted by Crippen LogP contribution is -2.31. The third-order valence-electron chi connectivity index (χ3n) is 3.98. The number of hydrogen-bond donors (Lipinski definition) is 0. The Bertz CT molecular complexity index is 416. The second kappa shape index (κ2) is 6.09. The molecule has 0 bridgehead atoms. The van der Waals surface area contributed by atoms with Gasteiger partial charge in [0.25, 0.3) is 0 Å². The van der Waals surface area contributed by atoms with E-state index in [9.17, 15) is 4.79 Å². The summed E-state index contributed by atoms with van der Waals surface area (Å²) < 4.78 is 10.6. The van der Waals surface area contributed by atoms with Gasteiger partial charge in [0.15, 0.2) is 0 Å². The van der Waals surface area contributed by atoms with Crippen LogP contribution in [0.4, 0.5) is 0 Å². The van der Waals surface area contributed by atoms with Gasteiger partial charge in [-0.15, -0.1) is 0 Å². The van der Waals surface area contributed by atoms with Crippen LogP contribution in [0.2, 0.25) is 0 Å². The largest absolute Gasteiger partial charge is 0.497 e. The molecule has 0 heterocycles. The zero-order valence-corrected chi connectivity index (χ0v) is 11.8. The Hall–Kier alpha value is -1.51. The van der Waals surface area contributed by atoms with Crippen molar-refractivity contribution in [2.75, 3.05) is 7.11 Å². The topological polar surface area (TPSA) is 35.5 Å². The van der Waals surface area contributed by atoms with E-state index in [1.807, 2.05) is 31.2 Å². The molecule has 3 heteroatoms. The van der Waals surface area contributed by atoms with Crippen LogP contribution in [0.25, 0.3) is 0 Å². The Labute approximate surface area is 114 Å². The molecule has 0 radical (unpaired) electrons. The summed E-state index contributed by atoms with van der Waals surface area (Å²) in [4.78, 5) is 12.2. The summed E-state index contributed by atoms with van der Waals surface area (Å²) in [6, 6.07) is 7.61. The predicted octanol–water partition coefficient (Wildman–Crippen LogP) is 3.71. The Morgan fingerprint density at radius 1 is 1.16 bits per heavy atom. The van der Waals surface area contributed by atoms with Gasteiger partial charge in [-0.25, -0.2) is 0 Å². The highest BCUT2D eigenvalue weighted by molar-refractivity contribution is 5.76. The van der Waals surface area contributed by atoms with E-state index < -0.39 is 0 Å². The van der Waals surface area contributed by atoms with E-state index in [0.29, 0.717) is 6.61 Å². The van der Waals surface area contributed by atoms with Crippen molar-refractivity contribution in [1.82, 2.24) is 0 Å². The van der Waals surface area contributed by atoms with E-state index in [1.54, 1.807) is 7.11 Å². The first-order valence-corrected chi connectivity index (χ1v) is 6.94. The minimum absolute atomic E-state index is 0.0528. The summed E-state index contributed by atoms with van der Waals surface area (Å²) in [7, 11) is 1.64. The molecule has 0 N–H and O–H groups in total. The van der Waals surface area contributed by atoms with Gasteiger partial charge in [-0.3, -0.25) is 4.79 Å². The summed E-state index contributed by atoms with van der Waals surface area (Å²) in [5, 5.41) is 0. The number of methoxy groups -OCH3 is 1. The average molecular weight is 262 g/mol. The van der Waals surface area contributed by atoms with Gasteiger partial charge in [-0.2, -0.15) is 0 Å². The van der Waals surface area contributed by atoms with Crippen LogP contribution in [0.3, 0.4) is 0 Å². The van der Waals surface area contributed by atoms with Crippen molar-refractivity contribution >= 4 is 5.97 Å². The van der Waals surface area contributed by atoms with E-state index >= 15 is 0 Å². The molecule has 1 aliphatic rings. The maximum atomic E-state index is 12.2. The first kappa shape index (κ1) is 13.9. The van der Waals surface area contributed by atoms with E-state index in [4.69, 9.17) is 9.47 Å². The lowest BCUT2D eigenvalue weighted by Gasteiger charge is -2.30. The SMILES string of the molecule is COc1ccc(COC(=O)C2(C)CCCCC2)cc1. The fourth-order valence-corrected chi connectivity index (χ4v) is 2.58. The zero-order chi connectivity index (χ0) is 13.7. The molecule has 0 atom stereocenters. The highest BCUT2D eigenvalue weighted by atomic mass is 16.5. The summed E-state index contributed by atoms with van der Waals surface area (Å²) >= 11 is 0. The van der Waals surface area contributed by atoms with Gasteiger partial charge >= 0.3 is 5.97 Å². The van der Waals surface area contributed by atoms with Crippen molar-refractivity contribution < 1.29 is 14.3 Å². The molecule has 0 spiro atoms. The Morgan fingerprint density at radius 2 is 1.79 bits per heavy atom. The fraction of sp³-hybridized carbons (Fsp3) is 0.562. The van der Waals surface area contributed by atoms with Crippen molar-refractivity contribution in [1.29, 1.82) is 0 Å². The lowest BCUT2D eigenvalue weighted by atomic mass is 9.76. The van der Waals surface area contributed by atoms with Crippen LogP contribution in [-0.4, -0.2) is 13.1 Å². The van der Waals surface area contributed by atoms with Gasteiger partial charge in [0.05, 0.1) is 12.5 Å². The number of carbonyl (C=O) groups excluding carboxylic acids is 1. The average Bonchev–Trinajstić information content (AvgIpc) is 2.46. The number of benzene rings is 1. The Balaban J connectivity index is 1.88. The lowest BCUT2D eigenvalue weighted by molar-refractivity contribution is -0.158. The van der Waals surface area contributed by atoms with Crippen LogP contribution < -0.4 is 4.74 Å². The standard InChI is InChI=1S/C16H22O3/c1-16(10-4-3-5-11-16)15(17)19-12-13-6-8-14(18-2)9-7-13/h6-9H,3-5,10-12H2,1-2H3. The highest BCUT2D eigenvalue weighted by Crippen LogP contribution is 2.37. The first-order valence-electron chi connectivity index (χ1n) is 6.94. The van der Waals surface area contributed by atoms with Crippen LogP contribution in [0, 0.1) is 5.41 Å². The molecule has 0 saturated heterocycles. The number of esters is 1. The highest BCUT2D eigenvalue weighted by Gasteiger charge is 2.35. The van der Waals surface area contributed by atoms with Gasteiger partial charge in [0, 0.05) is 0 Å². The Morgan fingerprint density at radius 3 is 2.37 bits per heavy atom. The summed E-state index contributed by atoms with van der Waals surface area (Å²) in [5.41, 5.74) is 0.721. The first-order chi connectivity index (χ1) is 9.14. The monoisotopic (exact) mass is 262 g/mol. The third kappa shape index (κ3) is 3.49. The van der Waals surface area contributed by atoms with Gasteiger partial charge in [0.2, 0.25) is 0 Å². The van der Waals surface area contributed by atoms with Gasteiger partial charge in [0.1, 0.15) is 12.4 Å². The molecule has 0 aromatic heterocycles. The number of rotatable bonds is 4. The molecule has 1 fully saturated rings. The molecule has 19 heavy (non-hydrogen) atoms. The van der Waals surface area contributed by atoms with Crippen LogP contribution in [0.15, 0.2) is 24.3 Å². The molecular weight excluding hydrogens is 240 g/mol. The number of carbonyl (C=O) groups is 1. The molecule has 3 nitrogen and oxygen atoms in total. The van der Waals surface area contributed by atoms with Crippen LogP contribution >= 0.6 is 0 Å². The van der Waals surface area contributed by atoms with Crippen molar-refractivity contribution in [2.45, 2.75) is 45.6 Å². The molecule has 1 aliphatic carbocycles. The van der Waals surface area contributed by atoms with E-state index in [0.717, 1.165) is 37.0 Å². The fourth-order valence-electron chi connectivity index (χ4n) is 2.58. The normalized spacial score (nSPS) is 17.8. The molecular formula is C16H22O3. The van der Waals surface area contributed by atoms with Crippen molar-refractivity contribution in [3.05, 3.63) is 29.8 Å². The molecule has 2 rings (SSSR count). The molecule has 0 unspecified atom stereocenters. The van der Waals surface area contributed by atoms with E-state index in [1.165, 1.54) is 6.42 Å². The molecule has 1 saturated carbocycles. The summed E-state index contributed by atoms with van der Waals surface area (Å²) in [5.74, 6) is 0.761. The third-order valence-corrected chi connectivity index (χ3v) is 3.98. The van der Waals surface area contributed by atoms with E-state index in [-0.39, 0.29) is 11.4 Å². The van der Waals surface area contributed by atoms with Gasteiger partial charge < -0.3 is 9.47 Å². The summed E-state index contributed by atoms with van der Waals surface area (Å²) in [6.45, 7) is 2.38. The Kier molecular flexibility index (Phi) is 4.46. The second-order valence-corrected chi connectivity index (χ2v) is 5.55. The van der Waals surface area contributed by atoms with Crippen LogP contribution in [-0.2, 0) is 16.1 Å². The molecule has 0 amide bonds. The quantitative estimate of drug-likeness (QED) is 0.776. The molecule has 1 aromatic rings. The van der Waals surface area contributed by atoms with Gasteiger partial charge in [-0.05, 0) is 37.5 Å². The van der Waals surface area contributed by atoms with Crippen molar-refractivity contribution in [3.63, 3.8) is 0 Å². The minimum atomic E-state index is -0.273. The van der Waals surface area contributed by atoms with Crippen molar-refractivity contribution in [2.24, 2.45) is 5.41 Å². The maximum absolute atomic E-state index is 12.2. The van der Waals surface area contributed by atoms with Crippen LogP contribution in [0.5, 0.6) is 5.75 Å². The minimum Gasteiger partial charge on any atom is -0.497 e. The zero-order valence-electron chi connectivity index (χ0n) is 11.8. The maximum Gasteiger partial charge on any atom is 0.312 e. The smallest absolute Gasteiger partial charge is 0.312 e. The van der Waals surface area contributed by atoms with Crippen molar-refractivity contribution in [3.8, 4) is 5.75 Å². The molecule has 0 aliphatic heterocycles. The van der Waals surface area contributed by atoms with E-state index in [2.05, 4.69) is 0 Å². The number of hydrogen-bond acceptors (Lipinski definition) is 3. The van der Waals surface area contributed by atoms with Crippen LogP contribution in [0.1, 0.15) is 44.6 Å². The molecule has 104 valence electrons. The second-order valence-electron chi connectivity index (χ2n) is 5.55. The van der Waals surface area contributed by atoms with Gasteiger partial charge in [-0.1, -0.05) is 31.4 Å². The number of ether oxygens (including phenoxy) is 2. The molecule has 1 aromatic carbocycles. The summed E-state index contributed by atoms with van der Waals surface area (Å²) in [6.07, 6.45) is 5.41.